The number of benzene rings is 1. The number of epoxide rings is 4. The number of nitrogens with zero attached hydrogens (tertiary/aromatic N) is 2. The van der Waals surface area contributed by atoms with E-state index in [1.54, 1.807) is 0 Å². The molecule has 0 radical (unpaired) electrons. The van der Waals surface area contributed by atoms with Crippen LogP contribution < -0.4 is 0 Å². The van der Waals surface area contributed by atoms with Gasteiger partial charge in [0.15, 0.2) is 0 Å². The van der Waals surface area contributed by atoms with Gasteiger partial charge < -0.3 is 18.9 Å². The largest absolute Gasteiger partial charge is 0.372 e. The van der Waals surface area contributed by atoms with E-state index in [0.717, 1.165) is 65.7 Å². The molecule has 0 aromatic heterocycles. The average Bonchev–Trinajstić information content (AvgIpc) is 3.52. The van der Waals surface area contributed by atoms with Crippen molar-refractivity contribution in [3.63, 3.8) is 0 Å². The summed E-state index contributed by atoms with van der Waals surface area (Å²) in [6.45, 7) is 14.2. The molecule has 4 saturated heterocycles. The van der Waals surface area contributed by atoms with Gasteiger partial charge in [-0.15, -0.1) is 0 Å². The predicted molar refractivity (Wildman–Crippen MR) is 105 cm³/mol. The lowest BCUT2D eigenvalue weighted by Gasteiger charge is -2.25. The molecular formula is C22H32N2O4. The Morgan fingerprint density at radius 1 is 0.643 bits per heavy atom. The number of hydrogen-bond acceptors (Lipinski definition) is 6. The minimum absolute atomic E-state index is 0.419. The molecule has 5 rings (SSSR count). The summed E-state index contributed by atoms with van der Waals surface area (Å²) in [6, 6.07) is 4.65. The minimum atomic E-state index is 0.419. The van der Waals surface area contributed by atoms with Crippen LogP contribution >= 0.6 is 0 Å². The molecule has 0 bridgehead atoms. The van der Waals surface area contributed by atoms with Gasteiger partial charge in [-0.05, 0) is 36.1 Å². The van der Waals surface area contributed by atoms with E-state index >= 15 is 0 Å². The molecule has 6 nitrogen and oxygen atoms in total. The fourth-order valence-electron chi connectivity index (χ4n) is 4.01. The predicted octanol–water partition coefficient (Wildman–Crippen LogP) is 1.50. The van der Waals surface area contributed by atoms with E-state index in [9.17, 15) is 0 Å². The minimum Gasteiger partial charge on any atom is -0.372 e. The third-order valence-electron chi connectivity index (χ3n) is 6.26. The highest BCUT2D eigenvalue weighted by molar-refractivity contribution is 5.39. The third-order valence-corrected chi connectivity index (χ3v) is 6.26. The summed E-state index contributed by atoms with van der Waals surface area (Å²) in [5.74, 6) is 0. The van der Waals surface area contributed by atoms with E-state index in [2.05, 4.69) is 35.8 Å². The van der Waals surface area contributed by atoms with Crippen molar-refractivity contribution in [1.82, 2.24) is 9.80 Å². The van der Waals surface area contributed by atoms with Crippen LogP contribution in [0.1, 0.15) is 22.3 Å². The van der Waals surface area contributed by atoms with Gasteiger partial charge in [-0.25, -0.2) is 0 Å². The van der Waals surface area contributed by atoms with Crippen LogP contribution in [0.25, 0.3) is 0 Å². The molecule has 1 aromatic rings. The summed E-state index contributed by atoms with van der Waals surface area (Å²) >= 11 is 0. The fraction of sp³-hybridized carbons (Fsp3) is 0.727. The van der Waals surface area contributed by atoms with Crippen molar-refractivity contribution in [3.8, 4) is 0 Å². The van der Waals surface area contributed by atoms with E-state index in [-0.39, 0.29) is 0 Å². The first kappa shape index (κ1) is 19.0. The molecule has 4 atom stereocenters. The second-order valence-electron chi connectivity index (χ2n) is 8.84. The standard InChI is InChI=1S/C22H32N2O4/c1-15-16(2)18(6-24(9-21-13-27-21)10-22-14-28-22)4-3-17(15)5-23(7-19-11-25-19)8-20-12-26-20/h3-4,19-22H,5-14H2,1-2H3. The number of hydrogen-bond donors (Lipinski definition) is 0. The van der Waals surface area contributed by atoms with E-state index < -0.39 is 0 Å². The van der Waals surface area contributed by atoms with Crippen molar-refractivity contribution >= 4 is 0 Å². The maximum absolute atomic E-state index is 5.46. The molecule has 4 aliphatic heterocycles. The third kappa shape index (κ3) is 5.32. The number of rotatable bonds is 12. The zero-order valence-electron chi connectivity index (χ0n) is 17.1. The van der Waals surface area contributed by atoms with Gasteiger partial charge in [-0.1, -0.05) is 12.1 Å². The van der Waals surface area contributed by atoms with Crippen LogP contribution in [0, 0.1) is 13.8 Å². The maximum Gasteiger partial charge on any atom is 0.0936 e. The van der Waals surface area contributed by atoms with Crippen LogP contribution in [0.15, 0.2) is 12.1 Å². The highest BCUT2D eigenvalue weighted by Gasteiger charge is 2.32. The Hall–Kier alpha value is -1.02. The van der Waals surface area contributed by atoms with E-state index in [1.165, 1.54) is 22.3 Å². The molecule has 0 aliphatic carbocycles. The van der Waals surface area contributed by atoms with Crippen LogP contribution in [0.3, 0.4) is 0 Å². The van der Waals surface area contributed by atoms with Crippen molar-refractivity contribution in [3.05, 3.63) is 34.4 Å². The Bertz CT molecular complexity index is 609. The lowest BCUT2D eigenvalue weighted by molar-refractivity contribution is 0.211. The van der Waals surface area contributed by atoms with Gasteiger partial charge in [0, 0.05) is 39.3 Å². The van der Waals surface area contributed by atoms with E-state index in [1.807, 2.05) is 0 Å². The summed E-state index contributed by atoms with van der Waals surface area (Å²) in [5.41, 5.74) is 5.68. The van der Waals surface area contributed by atoms with Gasteiger partial charge in [0.25, 0.3) is 0 Å². The monoisotopic (exact) mass is 388 g/mol. The van der Waals surface area contributed by atoms with Crippen molar-refractivity contribution in [2.45, 2.75) is 51.4 Å². The van der Waals surface area contributed by atoms with Gasteiger partial charge >= 0.3 is 0 Å². The van der Waals surface area contributed by atoms with E-state index in [0.29, 0.717) is 24.4 Å². The molecule has 0 spiro atoms. The molecule has 4 unspecified atom stereocenters. The Labute approximate surface area is 167 Å². The van der Waals surface area contributed by atoms with Crippen molar-refractivity contribution < 1.29 is 18.9 Å². The molecular weight excluding hydrogens is 356 g/mol. The van der Waals surface area contributed by atoms with Gasteiger partial charge in [-0.3, -0.25) is 9.80 Å². The van der Waals surface area contributed by atoms with Crippen LogP contribution in [0.5, 0.6) is 0 Å². The normalized spacial score (nSPS) is 30.1. The second-order valence-corrected chi connectivity index (χ2v) is 8.84. The van der Waals surface area contributed by atoms with Gasteiger partial charge in [-0.2, -0.15) is 0 Å². The second kappa shape index (κ2) is 8.01. The summed E-state index contributed by atoms with van der Waals surface area (Å²) in [7, 11) is 0. The molecule has 4 fully saturated rings. The molecule has 4 heterocycles. The Morgan fingerprint density at radius 2 is 0.929 bits per heavy atom. The Balaban J connectivity index is 1.25. The molecule has 6 heteroatoms. The summed E-state index contributed by atoms with van der Waals surface area (Å²) in [6.07, 6.45) is 1.68. The van der Waals surface area contributed by atoms with E-state index in [4.69, 9.17) is 18.9 Å². The molecule has 1 aromatic carbocycles. The van der Waals surface area contributed by atoms with Crippen molar-refractivity contribution in [1.29, 1.82) is 0 Å². The zero-order chi connectivity index (χ0) is 19.1. The van der Waals surface area contributed by atoms with Crippen molar-refractivity contribution in [2.24, 2.45) is 0 Å². The quantitative estimate of drug-likeness (QED) is 0.506. The first-order valence-corrected chi connectivity index (χ1v) is 10.6. The topological polar surface area (TPSA) is 56.6 Å². The highest BCUT2D eigenvalue weighted by Crippen LogP contribution is 2.25. The van der Waals surface area contributed by atoms with Gasteiger partial charge in [0.1, 0.15) is 0 Å². The van der Waals surface area contributed by atoms with Crippen molar-refractivity contribution in [2.75, 3.05) is 52.6 Å². The summed E-state index contributed by atoms with van der Waals surface area (Å²) in [4.78, 5) is 5.00. The Kier molecular flexibility index (Phi) is 5.43. The molecule has 154 valence electrons. The smallest absolute Gasteiger partial charge is 0.0936 e. The number of ether oxygens (including phenoxy) is 4. The molecule has 0 amide bonds. The molecule has 4 aliphatic rings. The molecule has 0 N–H and O–H groups in total. The van der Waals surface area contributed by atoms with Crippen LogP contribution in [0.2, 0.25) is 0 Å². The summed E-state index contributed by atoms with van der Waals surface area (Å²) < 4.78 is 21.8. The van der Waals surface area contributed by atoms with Crippen LogP contribution in [-0.2, 0) is 32.0 Å². The first-order valence-electron chi connectivity index (χ1n) is 10.6. The van der Waals surface area contributed by atoms with Gasteiger partial charge in [0.2, 0.25) is 0 Å². The van der Waals surface area contributed by atoms with Gasteiger partial charge in [0.05, 0.1) is 50.8 Å². The average molecular weight is 389 g/mol. The maximum atomic E-state index is 5.46. The fourth-order valence-corrected chi connectivity index (χ4v) is 4.01. The molecule has 0 saturated carbocycles. The highest BCUT2D eigenvalue weighted by atomic mass is 16.6. The zero-order valence-corrected chi connectivity index (χ0v) is 17.1. The molecule has 28 heavy (non-hydrogen) atoms. The van der Waals surface area contributed by atoms with Crippen LogP contribution in [0.4, 0.5) is 0 Å². The SMILES string of the molecule is Cc1c(CN(CC2CO2)CC2CO2)ccc(CN(CC2CO2)CC2CO2)c1C. The summed E-state index contributed by atoms with van der Waals surface area (Å²) in [5, 5.41) is 0. The Morgan fingerprint density at radius 3 is 1.18 bits per heavy atom. The lowest BCUT2D eigenvalue weighted by atomic mass is 9.97. The lowest BCUT2D eigenvalue weighted by Crippen LogP contribution is -2.32. The first-order chi connectivity index (χ1) is 13.6. The van der Waals surface area contributed by atoms with Crippen LogP contribution in [-0.4, -0.2) is 86.8 Å².